The van der Waals surface area contributed by atoms with E-state index in [1.807, 2.05) is 57.2 Å². The molecule has 22 heavy (non-hydrogen) atoms. The van der Waals surface area contributed by atoms with E-state index in [2.05, 4.69) is 0 Å². The zero-order chi connectivity index (χ0) is 15.6. The van der Waals surface area contributed by atoms with Crippen molar-refractivity contribution in [3.63, 3.8) is 0 Å². The number of fused-ring (bicyclic) bond motifs is 1. The number of methoxy groups -OCH3 is 1. The molecule has 0 bridgehead atoms. The van der Waals surface area contributed by atoms with Crippen LogP contribution in [0, 0.1) is 0 Å². The van der Waals surface area contributed by atoms with Crippen LogP contribution in [-0.4, -0.2) is 12.7 Å². The Hall–Kier alpha value is -1.56. The van der Waals surface area contributed by atoms with Crippen molar-refractivity contribution in [3.8, 4) is 5.75 Å². The summed E-state index contributed by atoms with van der Waals surface area (Å²) in [7, 11) is 1.65. The molecule has 2 aromatic rings. The predicted octanol–water partition coefficient (Wildman–Crippen LogP) is 0.716. The topological polar surface area (TPSA) is 41.5 Å². The molecule has 0 unspecified atom stereocenters. The number of hydrogen-bond donors (Lipinski definition) is 0. The summed E-state index contributed by atoms with van der Waals surface area (Å²) in [5.41, 5.74) is 1.01. The van der Waals surface area contributed by atoms with E-state index in [0.29, 0.717) is 5.57 Å². The van der Waals surface area contributed by atoms with Gasteiger partial charge >= 0.3 is 18.9 Å². The van der Waals surface area contributed by atoms with Gasteiger partial charge in [0.1, 0.15) is 5.75 Å². The van der Waals surface area contributed by atoms with Gasteiger partial charge in [-0.3, -0.25) is 0 Å². The quantitative estimate of drug-likeness (QED) is 0.618. The van der Waals surface area contributed by atoms with Gasteiger partial charge < -0.3 is 14.6 Å². The summed E-state index contributed by atoms with van der Waals surface area (Å²) < 4.78 is 10.6. The first kappa shape index (κ1) is 18.5. The molecule has 0 aliphatic rings. The molecule has 0 heterocycles. The molecule has 0 saturated carbocycles. The van der Waals surface area contributed by atoms with E-state index in [4.69, 9.17) is 9.47 Å². The second-order valence-electron chi connectivity index (χ2n) is 6.05. The van der Waals surface area contributed by atoms with Crippen molar-refractivity contribution in [1.29, 1.82) is 0 Å². The normalized spacial score (nSPS) is 12.4. The van der Waals surface area contributed by atoms with Crippen LogP contribution < -0.4 is 28.7 Å². The summed E-state index contributed by atoms with van der Waals surface area (Å²) in [6.07, 6.45) is 0. The zero-order valence-electron chi connectivity index (χ0n) is 14.2. The van der Waals surface area contributed by atoms with Crippen molar-refractivity contribution in [2.45, 2.75) is 33.3 Å². The van der Waals surface area contributed by atoms with Crippen LogP contribution in [-0.2, 0) is 4.74 Å². The van der Waals surface area contributed by atoms with Gasteiger partial charge in [-0.15, -0.1) is 0 Å². The van der Waals surface area contributed by atoms with Gasteiger partial charge in [-0.05, 0) is 47.0 Å². The van der Waals surface area contributed by atoms with Gasteiger partial charge in [-0.25, -0.2) is 0 Å². The maximum absolute atomic E-state index is 12.1. The third kappa shape index (κ3) is 4.46. The number of rotatable bonds is 3. The fourth-order valence-corrected chi connectivity index (χ4v) is 2.06. The van der Waals surface area contributed by atoms with Gasteiger partial charge in [0.25, 0.3) is 0 Å². The minimum Gasteiger partial charge on any atom is -0.607 e. The Bertz CT molecular complexity index is 684. The molecule has 0 radical (unpaired) electrons. The molecule has 0 saturated heterocycles. The smallest absolute Gasteiger partial charge is 0.607 e. The van der Waals surface area contributed by atoms with E-state index in [-0.39, 0.29) is 24.8 Å². The zero-order valence-corrected chi connectivity index (χ0v) is 14.2. The third-order valence-electron chi connectivity index (χ3n) is 3.19. The van der Waals surface area contributed by atoms with Crippen molar-refractivity contribution >= 4 is 16.3 Å². The Kier molecular flexibility index (Phi) is 5.99. The SMILES string of the molecule is COc1ccc2cc(/C(C)=C(\[O-])OC(C)(C)C)ccc2c1.[Li+]. The summed E-state index contributed by atoms with van der Waals surface area (Å²) in [5.74, 6) is 0.540. The average Bonchev–Trinajstić information content (AvgIpc) is 2.43. The summed E-state index contributed by atoms with van der Waals surface area (Å²) in [4.78, 5) is 0. The molecular formula is C18H21LiO3. The van der Waals surface area contributed by atoms with Crippen LogP contribution in [0.2, 0.25) is 0 Å². The van der Waals surface area contributed by atoms with Gasteiger partial charge in [0.2, 0.25) is 0 Å². The summed E-state index contributed by atoms with van der Waals surface area (Å²) >= 11 is 0. The molecule has 0 aliphatic heterocycles. The van der Waals surface area contributed by atoms with Crippen LogP contribution in [0.5, 0.6) is 5.75 Å². The molecule has 0 fully saturated rings. The van der Waals surface area contributed by atoms with E-state index < -0.39 is 5.60 Å². The average molecular weight is 292 g/mol. The Labute approximate surface area is 144 Å². The van der Waals surface area contributed by atoms with Crippen LogP contribution in [0.1, 0.15) is 33.3 Å². The second kappa shape index (κ2) is 7.13. The number of hydrogen-bond acceptors (Lipinski definition) is 3. The Morgan fingerprint density at radius 2 is 1.59 bits per heavy atom. The molecule has 112 valence electrons. The maximum atomic E-state index is 12.1. The van der Waals surface area contributed by atoms with E-state index >= 15 is 0 Å². The molecule has 3 nitrogen and oxygen atoms in total. The molecule has 2 rings (SSSR count). The van der Waals surface area contributed by atoms with E-state index in [9.17, 15) is 5.11 Å². The molecule has 0 amide bonds. The Balaban J connectivity index is 0.00000242. The summed E-state index contributed by atoms with van der Waals surface area (Å²) in [6.45, 7) is 7.39. The van der Waals surface area contributed by atoms with E-state index in [1.165, 1.54) is 0 Å². The first-order valence-electron chi connectivity index (χ1n) is 6.95. The van der Waals surface area contributed by atoms with Crippen LogP contribution >= 0.6 is 0 Å². The Morgan fingerprint density at radius 3 is 2.18 bits per heavy atom. The molecule has 4 heteroatoms. The van der Waals surface area contributed by atoms with Crippen molar-refractivity contribution in [2.24, 2.45) is 0 Å². The third-order valence-corrected chi connectivity index (χ3v) is 3.19. The first-order valence-corrected chi connectivity index (χ1v) is 6.95. The predicted molar refractivity (Wildman–Crippen MR) is 83.9 cm³/mol. The minimum atomic E-state index is -0.484. The summed E-state index contributed by atoms with van der Waals surface area (Å²) in [5, 5.41) is 14.3. The minimum absolute atomic E-state index is 0. The molecule has 0 atom stereocenters. The molecule has 2 aromatic carbocycles. The standard InChI is InChI=1S/C18H22O3.Li/c1-12(17(19)21-18(2,3)4)13-6-7-15-11-16(20-5)9-8-14(15)10-13;/h6-11,19H,1-5H3;/q;+1/p-1/b17-12+;. The van der Waals surface area contributed by atoms with Gasteiger partial charge in [0.05, 0.1) is 13.1 Å². The van der Waals surface area contributed by atoms with E-state index in [0.717, 1.165) is 22.1 Å². The van der Waals surface area contributed by atoms with Crippen LogP contribution in [0.15, 0.2) is 42.3 Å². The van der Waals surface area contributed by atoms with E-state index in [1.54, 1.807) is 14.0 Å². The molecule has 0 aromatic heterocycles. The fraction of sp³-hybridized carbons (Fsp3) is 0.333. The first-order chi connectivity index (χ1) is 9.80. The maximum Gasteiger partial charge on any atom is 1.00 e. The molecular weight excluding hydrogens is 271 g/mol. The van der Waals surface area contributed by atoms with Gasteiger partial charge in [0, 0.05) is 5.60 Å². The largest absolute Gasteiger partial charge is 1.00 e. The number of allylic oxidation sites excluding steroid dienone is 1. The monoisotopic (exact) mass is 292 g/mol. The van der Waals surface area contributed by atoms with Crippen LogP contribution in [0.25, 0.3) is 16.3 Å². The van der Waals surface area contributed by atoms with Crippen LogP contribution in [0.4, 0.5) is 0 Å². The van der Waals surface area contributed by atoms with Crippen molar-refractivity contribution in [2.75, 3.05) is 7.11 Å². The Morgan fingerprint density at radius 1 is 1.00 bits per heavy atom. The van der Waals surface area contributed by atoms with Gasteiger partial charge in [-0.1, -0.05) is 39.0 Å². The molecule has 0 spiro atoms. The van der Waals surface area contributed by atoms with Crippen molar-refractivity contribution < 1.29 is 33.4 Å². The van der Waals surface area contributed by atoms with Crippen LogP contribution in [0.3, 0.4) is 0 Å². The molecule has 0 N–H and O–H groups in total. The molecule has 0 aliphatic carbocycles. The van der Waals surface area contributed by atoms with Gasteiger partial charge in [0.15, 0.2) is 0 Å². The van der Waals surface area contributed by atoms with Crippen molar-refractivity contribution in [3.05, 3.63) is 47.9 Å². The van der Waals surface area contributed by atoms with Crippen molar-refractivity contribution in [1.82, 2.24) is 0 Å². The fourth-order valence-electron chi connectivity index (χ4n) is 2.06. The summed E-state index contributed by atoms with van der Waals surface area (Å²) in [6, 6.07) is 11.8. The van der Waals surface area contributed by atoms with Gasteiger partial charge in [-0.2, -0.15) is 0 Å². The number of ether oxygens (including phenoxy) is 2. The number of benzene rings is 2. The second-order valence-corrected chi connectivity index (χ2v) is 6.05.